The van der Waals surface area contributed by atoms with E-state index >= 15 is 0 Å². The number of hydrogen-bond donors (Lipinski definition) is 4. The summed E-state index contributed by atoms with van der Waals surface area (Å²) in [7, 11) is -4.98. The molecule has 0 atom stereocenters. The molecule has 4 N–H and O–H groups in total. The molecule has 0 amide bonds. The van der Waals surface area contributed by atoms with E-state index in [-0.39, 0.29) is 5.56 Å². The average Bonchev–Trinajstić information content (AvgIpc) is 2.04. The van der Waals surface area contributed by atoms with Gasteiger partial charge in [0.2, 0.25) is 0 Å². The van der Waals surface area contributed by atoms with E-state index in [4.69, 9.17) is 20.0 Å². The molecule has 0 aliphatic carbocycles. The largest absolute Gasteiger partial charge is 0.389 e. The third-order valence-corrected chi connectivity index (χ3v) is 2.64. The maximum absolute atomic E-state index is 10.6. The molecule has 1 rings (SSSR count). The first kappa shape index (κ1) is 10.4. The van der Waals surface area contributed by atoms with Crippen LogP contribution in [0.3, 0.4) is 0 Å². The van der Waals surface area contributed by atoms with Gasteiger partial charge in [0.25, 0.3) is 5.53 Å². The Hall–Kier alpha value is -0.710. The molecule has 0 fully saturated rings. The molecular weight excluding hydrogens is 195 g/mol. The summed E-state index contributed by atoms with van der Waals surface area (Å²) in [6.07, 6.45) is 0. The third-order valence-electron chi connectivity index (χ3n) is 1.57. The molecule has 0 aliphatic rings. The standard InChI is InChI=1S/C7H9O5P/c8-7(9,13(10,11)12)6-4-2-1-3-5-6/h1-5,8-9H,(H2,10,11,12). The van der Waals surface area contributed by atoms with Crippen molar-refractivity contribution < 1.29 is 24.6 Å². The maximum Gasteiger partial charge on any atom is 0.389 e. The first-order valence-corrected chi connectivity index (χ1v) is 5.03. The Labute approximate surface area is 74.4 Å². The summed E-state index contributed by atoms with van der Waals surface area (Å²) in [5, 5.41) is 18.2. The lowest BCUT2D eigenvalue weighted by atomic mass is 10.2. The van der Waals surface area contributed by atoms with Crippen LogP contribution in [0.2, 0.25) is 0 Å². The van der Waals surface area contributed by atoms with E-state index in [0.717, 1.165) is 0 Å². The minimum absolute atomic E-state index is 0.233. The Morgan fingerprint density at radius 3 is 1.92 bits per heavy atom. The van der Waals surface area contributed by atoms with Crippen LogP contribution in [0, 0.1) is 0 Å². The van der Waals surface area contributed by atoms with Crippen LogP contribution >= 0.6 is 7.60 Å². The molecule has 72 valence electrons. The number of rotatable bonds is 2. The quantitative estimate of drug-likeness (QED) is 0.400. The molecular formula is C7H9O5P. The van der Waals surface area contributed by atoms with Gasteiger partial charge in [0.05, 0.1) is 0 Å². The lowest BCUT2D eigenvalue weighted by molar-refractivity contribution is -0.110. The van der Waals surface area contributed by atoms with E-state index in [1.165, 1.54) is 24.3 Å². The van der Waals surface area contributed by atoms with Gasteiger partial charge in [-0.25, -0.2) is 0 Å². The fraction of sp³-hybridized carbons (Fsp3) is 0.143. The van der Waals surface area contributed by atoms with Gasteiger partial charge in [-0.1, -0.05) is 30.3 Å². The zero-order valence-electron chi connectivity index (χ0n) is 6.53. The summed E-state index contributed by atoms with van der Waals surface area (Å²) < 4.78 is 10.6. The van der Waals surface area contributed by atoms with Gasteiger partial charge >= 0.3 is 7.60 Å². The minimum atomic E-state index is -4.98. The molecule has 1 aromatic carbocycles. The summed E-state index contributed by atoms with van der Waals surface area (Å²) >= 11 is 0. The fourth-order valence-corrected chi connectivity index (χ4v) is 1.32. The molecule has 0 radical (unpaired) electrons. The molecule has 0 aliphatic heterocycles. The van der Waals surface area contributed by atoms with E-state index in [2.05, 4.69) is 0 Å². The molecule has 1 aromatic rings. The van der Waals surface area contributed by atoms with Crippen molar-refractivity contribution in [3.63, 3.8) is 0 Å². The van der Waals surface area contributed by atoms with Gasteiger partial charge in [0.15, 0.2) is 0 Å². The van der Waals surface area contributed by atoms with Crippen LogP contribution in [-0.4, -0.2) is 20.0 Å². The molecule has 6 heteroatoms. The molecule has 0 bridgehead atoms. The summed E-state index contributed by atoms with van der Waals surface area (Å²) in [5.41, 5.74) is -3.34. The lowest BCUT2D eigenvalue weighted by Crippen LogP contribution is -2.24. The molecule has 0 spiro atoms. The second-order valence-electron chi connectivity index (χ2n) is 2.55. The Morgan fingerprint density at radius 2 is 1.54 bits per heavy atom. The van der Waals surface area contributed by atoms with Crippen molar-refractivity contribution in [3.05, 3.63) is 35.9 Å². The smallest absolute Gasteiger partial charge is 0.352 e. The van der Waals surface area contributed by atoms with Crippen molar-refractivity contribution in [2.45, 2.75) is 5.53 Å². The van der Waals surface area contributed by atoms with Gasteiger partial charge in [-0.3, -0.25) is 4.57 Å². The molecule has 0 saturated carbocycles. The summed E-state index contributed by atoms with van der Waals surface area (Å²) in [6.45, 7) is 0. The van der Waals surface area contributed by atoms with Crippen molar-refractivity contribution in [3.8, 4) is 0 Å². The highest BCUT2D eigenvalue weighted by molar-refractivity contribution is 7.52. The van der Waals surface area contributed by atoms with E-state index in [0.29, 0.717) is 0 Å². The minimum Gasteiger partial charge on any atom is -0.352 e. The van der Waals surface area contributed by atoms with Crippen LogP contribution in [0.1, 0.15) is 5.56 Å². The fourth-order valence-electron chi connectivity index (χ4n) is 0.830. The lowest BCUT2D eigenvalue weighted by Gasteiger charge is -2.22. The van der Waals surface area contributed by atoms with Crippen molar-refractivity contribution in [1.82, 2.24) is 0 Å². The van der Waals surface area contributed by atoms with Gasteiger partial charge in [-0.2, -0.15) is 0 Å². The van der Waals surface area contributed by atoms with Crippen molar-refractivity contribution in [2.75, 3.05) is 0 Å². The Balaban J connectivity index is 3.16. The second-order valence-corrected chi connectivity index (χ2v) is 4.26. The molecule has 0 saturated heterocycles. The summed E-state index contributed by atoms with van der Waals surface area (Å²) in [4.78, 5) is 17.2. The molecule has 0 heterocycles. The third kappa shape index (κ3) is 1.96. The van der Waals surface area contributed by atoms with Crippen molar-refractivity contribution in [1.29, 1.82) is 0 Å². The van der Waals surface area contributed by atoms with E-state index in [9.17, 15) is 4.57 Å². The summed E-state index contributed by atoms with van der Waals surface area (Å²) in [5.74, 6) is 0. The highest BCUT2D eigenvalue weighted by atomic mass is 31.2. The van der Waals surface area contributed by atoms with Crippen LogP contribution in [0.4, 0.5) is 0 Å². The Kier molecular flexibility index (Phi) is 2.56. The molecule has 5 nitrogen and oxygen atoms in total. The average molecular weight is 204 g/mol. The van der Waals surface area contributed by atoms with Gasteiger partial charge in [-0.05, 0) is 0 Å². The number of benzene rings is 1. The molecule has 0 aromatic heterocycles. The van der Waals surface area contributed by atoms with Crippen LogP contribution in [0.15, 0.2) is 30.3 Å². The van der Waals surface area contributed by atoms with Gasteiger partial charge in [0, 0.05) is 5.56 Å². The highest BCUT2D eigenvalue weighted by Crippen LogP contribution is 2.52. The Bertz CT molecular complexity index is 328. The normalized spacial score (nSPS) is 12.9. The van der Waals surface area contributed by atoms with Crippen LogP contribution < -0.4 is 0 Å². The van der Waals surface area contributed by atoms with Crippen LogP contribution in [0.25, 0.3) is 0 Å². The number of hydrogen-bond acceptors (Lipinski definition) is 3. The molecule has 0 unspecified atom stereocenters. The monoisotopic (exact) mass is 204 g/mol. The van der Waals surface area contributed by atoms with E-state index < -0.39 is 13.1 Å². The van der Waals surface area contributed by atoms with Crippen LogP contribution in [-0.2, 0) is 10.1 Å². The van der Waals surface area contributed by atoms with Gasteiger partial charge in [0.1, 0.15) is 0 Å². The van der Waals surface area contributed by atoms with Gasteiger partial charge < -0.3 is 20.0 Å². The van der Waals surface area contributed by atoms with Crippen molar-refractivity contribution >= 4 is 7.60 Å². The molecule has 13 heavy (non-hydrogen) atoms. The summed E-state index contributed by atoms with van der Waals surface area (Å²) in [6, 6.07) is 6.94. The SMILES string of the molecule is O=P(O)(O)C(O)(O)c1ccccc1. The van der Waals surface area contributed by atoms with E-state index in [1.54, 1.807) is 6.07 Å². The van der Waals surface area contributed by atoms with Crippen molar-refractivity contribution in [2.24, 2.45) is 0 Å². The second kappa shape index (κ2) is 3.21. The van der Waals surface area contributed by atoms with Gasteiger partial charge in [-0.15, -0.1) is 0 Å². The van der Waals surface area contributed by atoms with E-state index in [1.807, 2.05) is 0 Å². The topological polar surface area (TPSA) is 98.0 Å². The first-order chi connectivity index (χ1) is 5.86. The maximum atomic E-state index is 10.6. The van der Waals surface area contributed by atoms with Crippen LogP contribution in [0.5, 0.6) is 0 Å². The first-order valence-electron chi connectivity index (χ1n) is 3.41. The Morgan fingerprint density at radius 1 is 1.08 bits per heavy atom. The predicted molar refractivity (Wildman–Crippen MR) is 44.6 cm³/mol. The number of aliphatic hydroxyl groups is 2. The zero-order valence-corrected chi connectivity index (χ0v) is 7.43. The zero-order chi connectivity index (χ0) is 10.1. The highest BCUT2D eigenvalue weighted by Gasteiger charge is 2.45. The predicted octanol–water partition coefficient (Wildman–Crippen LogP) is -0.0408.